The fraction of sp³-hybridized carbons (Fsp3) is 0.267. The van der Waals surface area contributed by atoms with Crippen molar-refractivity contribution in [3.8, 4) is 16.3 Å². The van der Waals surface area contributed by atoms with E-state index in [4.69, 9.17) is 0 Å². The zero-order chi connectivity index (χ0) is 14.5. The first kappa shape index (κ1) is 13.9. The van der Waals surface area contributed by atoms with E-state index in [9.17, 15) is 0 Å². The highest BCUT2D eigenvalue weighted by atomic mass is 32.1. The summed E-state index contributed by atoms with van der Waals surface area (Å²) in [5.74, 6) is 0. The standard InChI is InChI=1S/C15H17N5S/c1-2-8-16-10-14-18-19-15(21-14)20-11-13(9-17-20)12-6-4-3-5-7-12/h3-7,9,11,16H,2,8,10H2,1H3. The second-order valence-corrected chi connectivity index (χ2v) is 5.74. The molecule has 0 aliphatic heterocycles. The van der Waals surface area contributed by atoms with Gasteiger partial charge >= 0.3 is 0 Å². The van der Waals surface area contributed by atoms with Crippen LogP contribution in [0.25, 0.3) is 16.3 Å². The predicted octanol–water partition coefficient (Wildman–Crippen LogP) is 2.89. The molecule has 0 aliphatic rings. The summed E-state index contributed by atoms with van der Waals surface area (Å²) < 4.78 is 1.78. The molecule has 3 aromatic rings. The van der Waals surface area contributed by atoms with Gasteiger partial charge in [0.05, 0.1) is 6.20 Å². The van der Waals surface area contributed by atoms with Gasteiger partial charge in [-0.25, -0.2) is 4.68 Å². The summed E-state index contributed by atoms with van der Waals surface area (Å²) in [5.41, 5.74) is 2.23. The van der Waals surface area contributed by atoms with Gasteiger partial charge < -0.3 is 5.32 Å². The molecule has 0 amide bonds. The van der Waals surface area contributed by atoms with Gasteiger partial charge in [0.15, 0.2) is 0 Å². The van der Waals surface area contributed by atoms with Crippen molar-refractivity contribution in [1.82, 2.24) is 25.3 Å². The van der Waals surface area contributed by atoms with Gasteiger partial charge in [0.2, 0.25) is 5.13 Å². The normalized spacial score (nSPS) is 10.9. The van der Waals surface area contributed by atoms with Crippen LogP contribution in [0.4, 0.5) is 0 Å². The van der Waals surface area contributed by atoms with Crippen LogP contribution in [-0.2, 0) is 6.54 Å². The van der Waals surface area contributed by atoms with Crippen LogP contribution in [0.5, 0.6) is 0 Å². The van der Waals surface area contributed by atoms with Crippen molar-refractivity contribution in [2.45, 2.75) is 19.9 Å². The Bertz CT molecular complexity index is 689. The first-order valence-corrected chi connectivity index (χ1v) is 7.82. The molecule has 0 saturated heterocycles. The topological polar surface area (TPSA) is 55.6 Å². The summed E-state index contributed by atoms with van der Waals surface area (Å²) in [5, 5.41) is 17.9. The smallest absolute Gasteiger partial charge is 0.232 e. The summed E-state index contributed by atoms with van der Waals surface area (Å²) in [4.78, 5) is 0. The highest BCUT2D eigenvalue weighted by molar-refractivity contribution is 7.13. The molecule has 0 unspecified atom stereocenters. The summed E-state index contributed by atoms with van der Waals surface area (Å²) >= 11 is 1.56. The van der Waals surface area contributed by atoms with E-state index >= 15 is 0 Å². The molecular formula is C15H17N5S. The zero-order valence-corrected chi connectivity index (χ0v) is 12.7. The Morgan fingerprint density at radius 1 is 1.14 bits per heavy atom. The van der Waals surface area contributed by atoms with E-state index in [0.717, 1.165) is 40.8 Å². The number of nitrogens with one attached hydrogen (secondary N) is 1. The number of hydrogen-bond donors (Lipinski definition) is 1. The van der Waals surface area contributed by atoms with Gasteiger partial charge in [-0.15, -0.1) is 10.2 Å². The average molecular weight is 299 g/mol. The molecule has 0 spiro atoms. The molecule has 0 bridgehead atoms. The molecule has 0 atom stereocenters. The van der Waals surface area contributed by atoms with E-state index in [2.05, 4.69) is 39.7 Å². The van der Waals surface area contributed by atoms with Crippen molar-refractivity contribution in [2.24, 2.45) is 0 Å². The van der Waals surface area contributed by atoms with E-state index in [0.29, 0.717) is 0 Å². The highest BCUT2D eigenvalue weighted by Gasteiger charge is 2.08. The third-order valence-corrected chi connectivity index (χ3v) is 3.96. The number of aromatic nitrogens is 4. The van der Waals surface area contributed by atoms with Crippen LogP contribution in [0.2, 0.25) is 0 Å². The summed E-state index contributed by atoms with van der Waals surface area (Å²) in [6.07, 6.45) is 4.95. The van der Waals surface area contributed by atoms with Crippen molar-refractivity contribution in [2.75, 3.05) is 6.54 Å². The quantitative estimate of drug-likeness (QED) is 0.711. The number of nitrogens with zero attached hydrogens (tertiary/aromatic N) is 4. The van der Waals surface area contributed by atoms with E-state index < -0.39 is 0 Å². The molecule has 1 aromatic carbocycles. The highest BCUT2D eigenvalue weighted by Crippen LogP contribution is 2.21. The molecule has 3 rings (SSSR count). The second-order valence-electron chi connectivity index (χ2n) is 4.69. The minimum atomic E-state index is 0.762. The molecule has 0 fully saturated rings. The lowest BCUT2D eigenvalue weighted by Crippen LogP contribution is -2.13. The maximum absolute atomic E-state index is 4.38. The lowest BCUT2D eigenvalue weighted by atomic mass is 10.1. The monoisotopic (exact) mass is 299 g/mol. The Hall–Kier alpha value is -2.05. The summed E-state index contributed by atoms with van der Waals surface area (Å²) in [7, 11) is 0. The van der Waals surface area contributed by atoms with E-state index in [1.165, 1.54) is 0 Å². The molecule has 1 N–H and O–H groups in total. The van der Waals surface area contributed by atoms with Crippen molar-refractivity contribution in [3.63, 3.8) is 0 Å². The van der Waals surface area contributed by atoms with E-state index in [1.807, 2.05) is 30.6 Å². The lowest BCUT2D eigenvalue weighted by molar-refractivity contribution is 0.667. The SMILES string of the molecule is CCCNCc1nnc(-n2cc(-c3ccccc3)cn2)s1. The molecule has 2 heterocycles. The Morgan fingerprint density at radius 2 is 2.00 bits per heavy atom. The molecule has 5 nitrogen and oxygen atoms in total. The first-order valence-electron chi connectivity index (χ1n) is 7.00. The van der Waals surface area contributed by atoms with E-state index in [1.54, 1.807) is 16.0 Å². The third kappa shape index (κ3) is 3.34. The molecule has 21 heavy (non-hydrogen) atoms. The van der Waals surface area contributed by atoms with Crippen molar-refractivity contribution >= 4 is 11.3 Å². The minimum Gasteiger partial charge on any atom is -0.310 e. The van der Waals surface area contributed by atoms with Gasteiger partial charge in [0, 0.05) is 18.3 Å². The van der Waals surface area contributed by atoms with Crippen LogP contribution < -0.4 is 5.32 Å². The van der Waals surface area contributed by atoms with Gasteiger partial charge in [0.1, 0.15) is 5.01 Å². The maximum atomic E-state index is 4.38. The average Bonchev–Trinajstić information content (AvgIpc) is 3.17. The van der Waals surface area contributed by atoms with Crippen molar-refractivity contribution in [3.05, 3.63) is 47.7 Å². The third-order valence-electron chi connectivity index (χ3n) is 3.04. The van der Waals surface area contributed by atoms with Crippen LogP contribution >= 0.6 is 11.3 Å². The molecule has 108 valence electrons. The van der Waals surface area contributed by atoms with Gasteiger partial charge in [-0.2, -0.15) is 5.10 Å². The largest absolute Gasteiger partial charge is 0.310 e. The van der Waals surface area contributed by atoms with Crippen LogP contribution in [0.3, 0.4) is 0 Å². The van der Waals surface area contributed by atoms with Gasteiger partial charge in [-0.1, -0.05) is 48.6 Å². The van der Waals surface area contributed by atoms with Crippen molar-refractivity contribution < 1.29 is 0 Å². The number of hydrogen-bond acceptors (Lipinski definition) is 5. The van der Waals surface area contributed by atoms with Crippen molar-refractivity contribution in [1.29, 1.82) is 0 Å². The predicted molar refractivity (Wildman–Crippen MR) is 84.5 cm³/mol. The fourth-order valence-corrected chi connectivity index (χ4v) is 2.73. The molecule has 0 saturated carbocycles. The fourth-order valence-electron chi connectivity index (χ4n) is 1.99. The van der Waals surface area contributed by atoms with Gasteiger partial charge in [-0.05, 0) is 18.5 Å². The molecule has 0 radical (unpaired) electrons. The molecule has 2 aromatic heterocycles. The number of rotatable bonds is 6. The van der Waals surface area contributed by atoms with Crippen LogP contribution in [0.1, 0.15) is 18.4 Å². The van der Waals surface area contributed by atoms with Crippen LogP contribution in [0, 0.1) is 0 Å². The Morgan fingerprint density at radius 3 is 2.81 bits per heavy atom. The zero-order valence-electron chi connectivity index (χ0n) is 11.9. The van der Waals surface area contributed by atoms with E-state index in [-0.39, 0.29) is 0 Å². The Balaban J connectivity index is 1.74. The molecule has 0 aliphatic carbocycles. The van der Waals surface area contributed by atoms with Crippen LogP contribution in [0.15, 0.2) is 42.7 Å². The molecule has 6 heteroatoms. The summed E-state index contributed by atoms with van der Waals surface area (Å²) in [6.45, 7) is 3.90. The Labute approximate surface area is 127 Å². The first-order chi connectivity index (χ1) is 10.4. The summed E-state index contributed by atoms with van der Waals surface area (Å²) in [6, 6.07) is 10.2. The maximum Gasteiger partial charge on any atom is 0.232 e. The Kier molecular flexibility index (Phi) is 4.37. The lowest BCUT2D eigenvalue weighted by Gasteiger charge is -1.96. The number of benzene rings is 1. The minimum absolute atomic E-state index is 0.762. The molecular weight excluding hydrogens is 282 g/mol. The van der Waals surface area contributed by atoms with Gasteiger partial charge in [0.25, 0.3) is 0 Å². The second kappa shape index (κ2) is 6.60. The van der Waals surface area contributed by atoms with Crippen LogP contribution in [-0.4, -0.2) is 26.5 Å². The van der Waals surface area contributed by atoms with Gasteiger partial charge in [-0.3, -0.25) is 0 Å².